The second-order valence-electron chi connectivity index (χ2n) is 4.22. The molecule has 1 aromatic heterocycles. The summed E-state index contributed by atoms with van der Waals surface area (Å²) in [4.78, 5) is 23.3. The van der Waals surface area contributed by atoms with Crippen LogP contribution in [0.25, 0.3) is 0 Å². The van der Waals surface area contributed by atoms with Crippen molar-refractivity contribution in [1.82, 2.24) is 5.32 Å². The van der Waals surface area contributed by atoms with Gasteiger partial charge in [-0.25, -0.2) is 0 Å². The Morgan fingerprint density at radius 2 is 2.17 bits per heavy atom. The molecule has 2 amide bonds. The summed E-state index contributed by atoms with van der Waals surface area (Å²) in [5.41, 5.74) is 11.1. The van der Waals surface area contributed by atoms with Gasteiger partial charge in [-0.2, -0.15) is 0 Å². The monoisotopic (exact) mass is 289 g/mol. The van der Waals surface area contributed by atoms with E-state index in [1.165, 1.54) is 17.4 Å². The number of thiophene rings is 1. The third kappa shape index (κ3) is 3.44. The fraction of sp³-hybridized carbons (Fsp3) is 0.455. The molecule has 0 bridgehead atoms. The molecular weight excluding hydrogens is 274 g/mol. The molecule has 0 saturated heterocycles. The van der Waals surface area contributed by atoms with Gasteiger partial charge in [-0.3, -0.25) is 9.59 Å². The Hall–Kier alpha value is -1.11. The molecule has 100 valence electrons. The maximum absolute atomic E-state index is 11.9. The smallest absolute Gasteiger partial charge is 0.261 e. The van der Waals surface area contributed by atoms with Crippen LogP contribution in [0.1, 0.15) is 32.9 Å². The van der Waals surface area contributed by atoms with E-state index < -0.39 is 5.91 Å². The quantitative estimate of drug-likeness (QED) is 0.745. The first-order chi connectivity index (χ1) is 8.11. The van der Waals surface area contributed by atoms with Gasteiger partial charge in [0.05, 0.1) is 10.4 Å². The van der Waals surface area contributed by atoms with Crippen molar-refractivity contribution in [3.05, 3.63) is 21.9 Å². The largest absolute Gasteiger partial charge is 0.366 e. The standard InChI is InChI=1S/C11H15N3O2S.ClH/c12-4-8(6-1-2-6)14-11(16)9-3-7(5-17-9)10(13)15;/h3,5-6,8H,1-2,4,12H2,(H2,13,15)(H,14,16);1H. The van der Waals surface area contributed by atoms with Crippen LogP contribution in [-0.2, 0) is 0 Å². The lowest BCUT2D eigenvalue weighted by atomic mass is 10.2. The molecule has 5 nitrogen and oxygen atoms in total. The first-order valence-electron chi connectivity index (χ1n) is 5.51. The molecule has 1 heterocycles. The van der Waals surface area contributed by atoms with Gasteiger partial charge in [0.25, 0.3) is 5.91 Å². The number of hydrogen-bond donors (Lipinski definition) is 3. The number of halogens is 1. The van der Waals surface area contributed by atoms with Crippen LogP contribution in [-0.4, -0.2) is 24.4 Å². The summed E-state index contributed by atoms with van der Waals surface area (Å²) in [7, 11) is 0. The molecule has 0 aromatic carbocycles. The molecule has 7 heteroatoms. The summed E-state index contributed by atoms with van der Waals surface area (Å²) in [6.07, 6.45) is 2.25. The molecule has 2 rings (SSSR count). The van der Waals surface area contributed by atoms with Gasteiger partial charge in [0.15, 0.2) is 0 Å². The van der Waals surface area contributed by atoms with Crippen molar-refractivity contribution in [1.29, 1.82) is 0 Å². The average Bonchev–Trinajstić information content (AvgIpc) is 3.01. The molecule has 5 N–H and O–H groups in total. The predicted molar refractivity (Wildman–Crippen MR) is 73.1 cm³/mol. The minimum atomic E-state index is -0.516. The first-order valence-corrected chi connectivity index (χ1v) is 6.39. The van der Waals surface area contributed by atoms with E-state index >= 15 is 0 Å². The Labute approximate surface area is 115 Å². The van der Waals surface area contributed by atoms with E-state index in [9.17, 15) is 9.59 Å². The zero-order valence-corrected chi connectivity index (χ0v) is 11.4. The van der Waals surface area contributed by atoms with E-state index in [1.54, 1.807) is 5.38 Å². The van der Waals surface area contributed by atoms with Crippen molar-refractivity contribution in [2.75, 3.05) is 6.54 Å². The van der Waals surface area contributed by atoms with Crippen molar-refractivity contribution in [2.45, 2.75) is 18.9 Å². The third-order valence-corrected chi connectivity index (χ3v) is 3.80. The van der Waals surface area contributed by atoms with Crippen LogP contribution >= 0.6 is 23.7 Å². The molecule has 1 atom stereocenters. The molecule has 1 aliphatic rings. The average molecular weight is 290 g/mol. The van der Waals surface area contributed by atoms with Crippen LogP contribution in [0.3, 0.4) is 0 Å². The van der Waals surface area contributed by atoms with Gasteiger partial charge in [-0.1, -0.05) is 0 Å². The van der Waals surface area contributed by atoms with Gasteiger partial charge in [-0.05, 0) is 24.8 Å². The zero-order chi connectivity index (χ0) is 12.4. The summed E-state index contributed by atoms with van der Waals surface area (Å²) in [6.45, 7) is 0.449. The minimum absolute atomic E-state index is 0. The number of carbonyl (C=O) groups excluding carboxylic acids is 2. The number of amides is 2. The highest BCUT2D eigenvalue weighted by molar-refractivity contribution is 7.12. The van der Waals surface area contributed by atoms with Crippen molar-refractivity contribution < 1.29 is 9.59 Å². The second kappa shape index (κ2) is 6.17. The summed E-state index contributed by atoms with van der Waals surface area (Å²) in [5.74, 6) is -0.178. The van der Waals surface area contributed by atoms with Crippen molar-refractivity contribution >= 4 is 35.6 Å². The number of hydrogen-bond acceptors (Lipinski definition) is 4. The number of nitrogens with one attached hydrogen (secondary N) is 1. The minimum Gasteiger partial charge on any atom is -0.366 e. The molecule has 1 fully saturated rings. The lowest BCUT2D eigenvalue weighted by Crippen LogP contribution is -2.41. The predicted octanol–water partition coefficient (Wildman–Crippen LogP) is 0.736. The van der Waals surface area contributed by atoms with Gasteiger partial charge < -0.3 is 16.8 Å². The lowest BCUT2D eigenvalue weighted by molar-refractivity contribution is 0.0937. The highest BCUT2D eigenvalue weighted by Crippen LogP contribution is 2.32. The maximum atomic E-state index is 11.9. The molecule has 1 saturated carbocycles. The highest BCUT2D eigenvalue weighted by Gasteiger charge is 2.31. The maximum Gasteiger partial charge on any atom is 0.261 e. The third-order valence-electron chi connectivity index (χ3n) is 2.87. The molecular formula is C11H16ClN3O2S. The lowest BCUT2D eigenvalue weighted by Gasteiger charge is -2.14. The Bertz CT molecular complexity index is 445. The summed E-state index contributed by atoms with van der Waals surface area (Å²) >= 11 is 1.22. The van der Waals surface area contributed by atoms with Gasteiger partial charge in [0, 0.05) is 18.0 Å². The summed E-state index contributed by atoms with van der Waals surface area (Å²) in [6, 6.07) is 1.56. The Balaban J connectivity index is 0.00000162. The Kier molecular flexibility index (Phi) is 5.13. The number of nitrogens with two attached hydrogens (primary N) is 2. The van der Waals surface area contributed by atoms with Crippen LogP contribution in [0.5, 0.6) is 0 Å². The molecule has 0 aliphatic heterocycles. The number of primary amides is 1. The van der Waals surface area contributed by atoms with E-state index in [4.69, 9.17) is 11.5 Å². The van der Waals surface area contributed by atoms with E-state index in [-0.39, 0.29) is 24.4 Å². The van der Waals surface area contributed by atoms with Gasteiger partial charge in [0.2, 0.25) is 5.91 Å². The zero-order valence-electron chi connectivity index (χ0n) is 9.72. The highest BCUT2D eigenvalue weighted by atomic mass is 35.5. The van der Waals surface area contributed by atoms with E-state index in [0.717, 1.165) is 12.8 Å². The van der Waals surface area contributed by atoms with Crippen LogP contribution in [0.15, 0.2) is 11.4 Å². The Morgan fingerprint density at radius 3 is 2.61 bits per heavy atom. The van der Waals surface area contributed by atoms with E-state index in [2.05, 4.69) is 5.32 Å². The normalized spacial score (nSPS) is 15.6. The fourth-order valence-electron chi connectivity index (χ4n) is 1.69. The van der Waals surface area contributed by atoms with E-state index in [1.807, 2.05) is 0 Å². The number of rotatable bonds is 5. The van der Waals surface area contributed by atoms with Crippen LogP contribution in [0.2, 0.25) is 0 Å². The molecule has 1 aliphatic carbocycles. The number of carbonyl (C=O) groups is 2. The van der Waals surface area contributed by atoms with Gasteiger partial charge in [0.1, 0.15) is 0 Å². The van der Waals surface area contributed by atoms with E-state index in [0.29, 0.717) is 22.9 Å². The van der Waals surface area contributed by atoms with Crippen LogP contribution < -0.4 is 16.8 Å². The Morgan fingerprint density at radius 1 is 1.50 bits per heavy atom. The molecule has 1 unspecified atom stereocenters. The van der Waals surface area contributed by atoms with Crippen LogP contribution in [0, 0.1) is 5.92 Å². The molecule has 1 aromatic rings. The van der Waals surface area contributed by atoms with Crippen molar-refractivity contribution in [2.24, 2.45) is 17.4 Å². The fourth-order valence-corrected chi connectivity index (χ4v) is 2.49. The van der Waals surface area contributed by atoms with Crippen LogP contribution in [0.4, 0.5) is 0 Å². The first kappa shape index (κ1) is 14.9. The summed E-state index contributed by atoms with van der Waals surface area (Å²) in [5, 5.41) is 4.48. The topological polar surface area (TPSA) is 98.2 Å². The second-order valence-corrected chi connectivity index (χ2v) is 5.13. The molecule has 18 heavy (non-hydrogen) atoms. The SMILES string of the molecule is Cl.NCC(NC(=O)c1cc(C(N)=O)cs1)C1CC1. The summed E-state index contributed by atoms with van der Waals surface area (Å²) < 4.78 is 0. The van der Waals surface area contributed by atoms with Crippen molar-refractivity contribution in [3.8, 4) is 0 Å². The van der Waals surface area contributed by atoms with Crippen molar-refractivity contribution in [3.63, 3.8) is 0 Å². The molecule has 0 spiro atoms. The van der Waals surface area contributed by atoms with Gasteiger partial charge >= 0.3 is 0 Å². The van der Waals surface area contributed by atoms with Gasteiger partial charge in [-0.15, -0.1) is 23.7 Å². The molecule has 0 radical (unpaired) electrons.